The number of aromatic nitrogens is 2. The number of imidazole rings is 1. The molecule has 1 aromatic heterocycles. The zero-order chi connectivity index (χ0) is 17.3. The summed E-state index contributed by atoms with van der Waals surface area (Å²) in [5.74, 6) is 1.71. The molecule has 2 atom stereocenters. The summed E-state index contributed by atoms with van der Waals surface area (Å²) < 4.78 is 14.4. The van der Waals surface area contributed by atoms with Gasteiger partial charge in [-0.25, -0.2) is 4.98 Å². The molecule has 1 fully saturated rings. The molecule has 3 aromatic rings. The highest BCUT2D eigenvalue weighted by atomic mass is 16.6. The van der Waals surface area contributed by atoms with E-state index in [0.29, 0.717) is 12.6 Å². The summed E-state index contributed by atoms with van der Waals surface area (Å²) in [5.41, 5.74) is 2.30. The number of fused-ring (bicyclic) bond motifs is 2. The van der Waals surface area contributed by atoms with Gasteiger partial charge in [0.05, 0.1) is 17.4 Å². The van der Waals surface area contributed by atoms with Gasteiger partial charge >= 0.3 is 0 Å². The highest BCUT2D eigenvalue weighted by Gasteiger charge is 2.27. The van der Waals surface area contributed by atoms with E-state index in [1.807, 2.05) is 36.7 Å². The first-order valence-corrected chi connectivity index (χ1v) is 9.39. The second kappa shape index (κ2) is 6.65. The number of rotatable bonds is 3. The molecule has 0 unspecified atom stereocenters. The predicted molar refractivity (Wildman–Crippen MR) is 101 cm³/mol. The van der Waals surface area contributed by atoms with E-state index in [4.69, 9.17) is 9.47 Å². The van der Waals surface area contributed by atoms with Crippen molar-refractivity contribution in [1.29, 1.82) is 0 Å². The van der Waals surface area contributed by atoms with E-state index in [0.717, 1.165) is 36.6 Å². The molecule has 2 aliphatic rings. The van der Waals surface area contributed by atoms with Crippen LogP contribution < -0.4 is 9.47 Å². The molecule has 0 spiro atoms. The van der Waals surface area contributed by atoms with Crippen LogP contribution in [-0.4, -0.2) is 46.8 Å². The van der Waals surface area contributed by atoms with Crippen LogP contribution in [0.5, 0.6) is 11.5 Å². The molecule has 0 radical (unpaired) electrons. The third kappa shape index (κ3) is 2.92. The third-order valence-corrected chi connectivity index (χ3v) is 5.38. The first kappa shape index (κ1) is 15.7. The molecule has 2 aliphatic heterocycles. The fraction of sp³-hybridized carbons (Fsp3) is 0.381. The Labute approximate surface area is 153 Å². The smallest absolute Gasteiger partial charge is 0.161 e. The van der Waals surface area contributed by atoms with Crippen LogP contribution in [0.25, 0.3) is 11.0 Å². The number of benzene rings is 2. The standard InChI is InChI=1S/C21H23N3O2/c1-2-8-19-18(7-1)22-15-24(19)16-6-5-11-23(12-16)13-17-14-25-20-9-3-4-10-21(20)26-17/h1-4,7-10,15-17H,5-6,11-14H2/t16-,17-/m0/s1. The minimum atomic E-state index is 0.0863. The van der Waals surface area contributed by atoms with Crippen molar-refractivity contribution in [3.63, 3.8) is 0 Å². The van der Waals surface area contributed by atoms with Crippen LogP contribution >= 0.6 is 0 Å². The van der Waals surface area contributed by atoms with Crippen molar-refractivity contribution >= 4 is 11.0 Å². The number of likely N-dealkylation sites (tertiary alicyclic amines) is 1. The number of piperidine rings is 1. The van der Waals surface area contributed by atoms with E-state index in [1.54, 1.807) is 0 Å². The van der Waals surface area contributed by atoms with Crippen LogP contribution in [0.2, 0.25) is 0 Å². The molecule has 5 heteroatoms. The number of hydrogen-bond donors (Lipinski definition) is 0. The Morgan fingerprint density at radius 1 is 1.04 bits per heavy atom. The van der Waals surface area contributed by atoms with Gasteiger partial charge in [-0.2, -0.15) is 0 Å². The second-order valence-electron chi connectivity index (χ2n) is 7.19. The van der Waals surface area contributed by atoms with Gasteiger partial charge < -0.3 is 14.0 Å². The monoisotopic (exact) mass is 349 g/mol. The molecule has 2 aromatic carbocycles. The molecule has 0 amide bonds. The SMILES string of the molecule is c1ccc2c(c1)OC[C@H](CN1CCC[C@H](n3cnc4ccccc43)C1)O2. The summed E-state index contributed by atoms with van der Waals surface area (Å²) in [6, 6.07) is 16.8. The molecule has 0 saturated carbocycles. The Morgan fingerprint density at radius 2 is 1.88 bits per heavy atom. The van der Waals surface area contributed by atoms with Crippen molar-refractivity contribution in [2.75, 3.05) is 26.2 Å². The maximum atomic E-state index is 6.15. The highest BCUT2D eigenvalue weighted by Crippen LogP contribution is 2.32. The third-order valence-electron chi connectivity index (χ3n) is 5.38. The van der Waals surface area contributed by atoms with Crippen molar-refractivity contribution in [1.82, 2.24) is 14.5 Å². The summed E-state index contributed by atoms with van der Waals surface area (Å²) in [6.07, 6.45) is 4.47. The maximum Gasteiger partial charge on any atom is 0.161 e. The van der Waals surface area contributed by atoms with Crippen LogP contribution in [0.15, 0.2) is 54.9 Å². The van der Waals surface area contributed by atoms with E-state index >= 15 is 0 Å². The van der Waals surface area contributed by atoms with E-state index in [2.05, 4.69) is 32.7 Å². The minimum absolute atomic E-state index is 0.0863. The van der Waals surface area contributed by atoms with Gasteiger partial charge in [-0.3, -0.25) is 4.90 Å². The summed E-state index contributed by atoms with van der Waals surface area (Å²) in [7, 11) is 0. The van der Waals surface area contributed by atoms with Crippen molar-refractivity contribution < 1.29 is 9.47 Å². The average Bonchev–Trinajstić information content (AvgIpc) is 3.12. The lowest BCUT2D eigenvalue weighted by atomic mass is 10.0. The lowest BCUT2D eigenvalue weighted by molar-refractivity contribution is 0.0464. The first-order chi connectivity index (χ1) is 12.9. The van der Waals surface area contributed by atoms with Crippen LogP contribution in [0, 0.1) is 0 Å². The van der Waals surface area contributed by atoms with Crippen molar-refractivity contribution in [2.45, 2.75) is 25.0 Å². The maximum absolute atomic E-state index is 6.15. The van der Waals surface area contributed by atoms with Gasteiger partial charge in [-0.15, -0.1) is 0 Å². The molecule has 5 rings (SSSR count). The molecule has 5 nitrogen and oxygen atoms in total. The molecule has 3 heterocycles. The molecule has 0 bridgehead atoms. The second-order valence-corrected chi connectivity index (χ2v) is 7.19. The topological polar surface area (TPSA) is 39.5 Å². The Kier molecular flexibility index (Phi) is 4.02. The largest absolute Gasteiger partial charge is 0.486 e. The Hall–Kier alpha value is -2.53. The van der Waals surface area contributed by atoms with Crippen LogP contribution in [0.3, 0.4) is 0 Å². The van der Waals surface area contributed by atoms with Gasteiger partial charge in [-0.1, -0.05) is 24.3 Å². The summed E-state index contributed by atoms with van der Waals surface area (Å²) in [5, 5.41) is 0. The van der Waals surface area contributed by atoms with Gasteiger partial charge in [0, 0.05) is 19.1 Å². The molecule has 0 aliphatic carbocycles. The molecule has 1 saturated heterocycles. The number of hydrogen-bond acceptors (Lipinski definition) is 4. The van der Waals surface area contributed by atoms with Crippen molar-refractivity contribution in [2.24, 2.45) is 0 Å². The van der Waals surface area contributed by atoms with E-state index in [9.17, 15) is 0 Å². The van der Waals surface area contributed by atoms with Crippen LogP contribution in [-0.2, 0) is 0 Å². The molecular weight excluding hydrogens is 326 g/mol. The van der Waals surface area contributed by atoms with Gasteiger partial charge in [-0.05, 0) is 43.7 Å². The van der Waals surface area contributed by atoms with Crippen LogP contribution in [0.4, 0.5) is 0 Å². The minimum Gasteiger partial charge on any atom is -0.486 e. The normalized spacial score (nSPS) is 23.2. The highest BCUT2D eigenvalue weighted by molar-refractivity contribution is 5.75. The number of ether oxygens (including phenoxy) is 2. The van der Waals surface area contributed by atoms with Gasteiger partial charge in [0.15, 0.2) is 11.5 Å². The summed E-state index contributed by atoms with van der Waals surface area (Å²) in [4.78, 5) is 7.06. The quantitative estimate of drug-likeness (QED) is 0.725. The van der Waals surface area contributed by atoms with E-state index in [1.165, 1.54) is 18.4 Å². The molecule has 134 valence electrons. The lowest BCUT2D eigenvalue weighted by Gasteiger charge is -2.36. The summed E-state index contributed by atoms with van der Waals surface area (Å²) >= 11 is 0. The van der Waals surface area contributed by atoms with Crippen molar-refractivity contribution in [3.8, 4) is 11.5 Å². The molecule has 26 heavy (non-hydrogen) atoms. The fourth-order valence-corrected chi connectivity index (χ4v) is 4.13. The van der Waals surface area contributed by atoms with Crippen LogP contribution in [0.1, 0.15) is 18.9 Å². The van der Waals surface area contributed by atoms with Gasteiger partial charge in [0.2, 0.25) is 0 Å². The Balaban J connectivity index is 1.28. The average molecular weight is 349 g/mol. The predicted octanol–water partition coefficient (Wildman–Crippen LogP) is 3.51. The van der Waals surface area contributed by atoms with Gasteiger partial charge in [0.1, 0.15) is 12.7 Å². The first-order valence-electron chi connectivity index (χ1n) is 9.39. The zero-order valence-corrected chi connectivity index (χ0v) is 14.8. The summed E-state index contributed by atoms with van der Waals surface area (Å²) in [6.45, 7) is 3.66. The number of nitrogens with zero attached hydrogens (tertiary/aromatic N) is 3. The van der Waals surface area contributed by atoms with E-state index in [-0.39, 0.29) is 6.10 Å². The zero-order valence-electron chi connectivity index (χ0n) is 14.8. The Bertz CT molecular complexity index is 907. The Morgan fingerprint density at radius 3 is 2.85 bits per heavy atom. The molecular formula is C21H23N3O2. The fourth-order valence-electron chi connectivity index (χ4n) is 4.13. The van der Waals surface area contributed by atoms with Gasteiger partial charge in [0.25, 0.3) is 0 Å². The molecule has 0 N–H and O–H groups in total. The van der Waals surface area contributed by atoms with E-state index < -0.39 is 0 Å². The van der Waals surface area contributed by atoms with Crippen molar-refractivity contribution in [3.05, 3.63) is 54.9 Å². The lowest BCUT2D eigenvalue weighted by Crippen LogP contribution is -2.45. The number of para-hydroxylation sites is 4.